The molecule has 3 heteroatoms. The highest BCUT2D eigenvalue weighted by Crippen LogP contribution is 2.22. The molecule has 16 heavy (non-hydrogen) atoms. The normalized spacial score (nSPS) is 12.5. The molecule has 0 aliphatic rings. The second-order valence-electron chi connectivity index (χ2n) is 3.90. The highest BCUT2D eigenvalue weighted by atomic mass is 16.5. The van der Waals surface area contributed by atoms with Crippen LogP contribution in [0.3, 0.4) is 0 Å². The predicted molar refractivity (Wildman–Crippen MR) is 63.8 cm³/mol. The highest BCUT2D eigenvalue weighted by Gasteiger charge is 2.04. The Bertz CT molecular complexity index is 321. The molecule has 0 aromatic heterocycles. The standard InChI is InChI=1S/C13H20O3/c1-10-9-12(11(2)14)5-6-13(10)16-8-4-7-15-3/h5-6,9,11,14H,4,7-8H2,1-3H3/t11-/m1/s1. The maximum absolute atomic E-state index is 9.43. The molecular formula is C13H20O3. The Morgan fingerprint density at radius 3 is 2.62 bits per heavy atom. The number of methoxy groups -OCH3 is 1. The molecule has 1 rings (SSSR count). The van der Waals surface area contributed by atoms with Gasteiger partial charge >= 0.3 is 0 Å². The molecule has 0 unspecified atom stereocenters. The van der Waals surface area contributed by atoms with Gasteiger partial charge in [-0.1, -0.05) is 6.07 Å². The Morgan fingerprint density at radius 2 is 2.06 bits per heavy atom. The van der Waals surface area contributed by atoms with E-state index >= 15 is 0 Å². The Kier molecular flexibility index (Phi) is 5.29. The van der Waals surface area contributed by atoms with Crippen molar-refractivity contribution >= 4 is 0 Å². The molecule has 0 aliphatic carbocycles. The molecule has 1 aromatic carbocycles. The average Bonchev–Trinajstić information content (AvgIpc) is 2.26. The number of hydrogen-bond donors (Lipinski definition) is 1. The monoisotopic (exact) mass is 224 g/mol. The van der Waals surface area contributed by atoms with Gasteiger partial charge in [0, 0.05) is 20.1 Å². The molecule has 0 bridgehead atoms. The second-order valence-corrected chi connectivity index (χ2v) is 3.90. The van der Waals surface area contributed by atoms with E-state index in [9.17, 15) is 5.11 Å². The number of aliphatic hydroxyl groups excluding tert-OH is 1. The largest absolute Gasteiger partial charge is 0.493 e. The summed E-state index contributed by atoms with van der Waals surface area (Å²) in [6.07, 6.45) is 0.454. The maximum atomic E-state index is 9.43. The third kappa shape index (κ3) is 3.83. The Hall–Kier alpha value is -1.06. The van der Waals surface area contributed by atoms with Gasteiger partial charge in [0.1, 0.15) is 5.75 Å². The number of benzene rings is 1. The molecule has 90 valence electrons. The van der Waals surface area contributed by atoms with Crippen LogP contribution in [-0.4, -0.2) is 25.4 Å². The minimum Gasteiger partial charge on any atom is -0.493 e. The van der Waals surface area contributed by atoms with Gasteiger partial charge in [0.05, 0.1) is 12.7 Å². The van der Waals surface area contributed by atoms with Crippen molar-refractivity contribution in [3.05, 3.63) is 29.3 Å². The smallest absolute Gasteiger partial charge is 0.122 e. The second kappa shape index (κ2) is 6.51. The fourth-order valence-electron chi connectivity index (χ4n) is 1.48. The number of aliphatic hydroxyl groups is 1. The summed E-state index contributed by atoms with van der Waals surface area (Å²) in [6, 6.07) is 5.75. The summed E-state index contributed by atoms with van der Waals surface area (Å²) >= 11 is 0. The number of hydrogen-bond acceptors (Lipinski definition) is 3. The molecule has 0 spiro atoms. The summed E-state index contributed by atoms with van der Waals surface area (Å²) in [5.74, 6) is 0.875. The van der Waals surface area contributed by atoms with Crippen LogP contribution >= 0.6 is 0 Å². The summed E-state index contributed by atoms with van der Waals surface area (Å²) in [6.45, 7) is 5.11. The summed E-state index contributed by atoms with van der Waals surface area (Å²) in [7, 11) is 1.68. The first kappa shape index (κ1) is 13.0. The lowest BCUT2D eigenvalue weighted by Crippen LogP contribution is -2.03. The van der Waals surface area contributed by atoms with Crippen LogP contribution in [0.5, 0.6) is 5.75 Å². The summed E-state index contributed by atoms with van der Waals surface area (Å²) in [5, 5.41) is 9.43. The maximum Gasteiger partial charge on any atom is 0.122 e. The van der Waals surface area contributed by atoms with Crippen molar-refractivity contribution in [2.45, 2.75) is 26.4 Å². The lowest BCUT2D eigenvalue weighted by Gasteiger charge is -2.11. The van der Waals surface area contributed by atoms with Gasteiger partial charge < -0.3 is 14.6 Å². The predicted octanol–water partition coefficient (Wildman–Crippen LogP) is 2.46. The minimum atomic E-state index is -0.429. The van der Waals surface area contributed by atoms with Crippen LogP contribution in [0.25, 0.3) is 0 Å². The lowest BCUT2D eigenvalue weighted by atomic mass is 10.1. The van der Waals surface area contributed by atoms with Crippen molar-refractivity contribution < 1.29 is 14.6 Å². The zero-order valence-corrected chi connectivity index (χ0v) is 10.2. The molecule has 3 nitrogen and oxygen atoms in total. The zero-order chi connectivity index (χ0) is 12.0. The van der Waals surface area contributed by atoms with Crippen molar-refractivity contribution in [2.24, 2.45) is 0 Å². The van der Waals surface area contributed by atoms with Gasteiger partial charge in [-0.2, -0.15) is 0 Å². The molecule has 0 saturated heterocycles. The molecule has 0 aliphatic heterocycles. The zero-order valence-electron chi connectivity index (χ0n) is 10.2. The summed E-state index contributed by atoms with van der Waals surface area (Å²) in [4.78, 5) is 0. The van der Waals surface area contributed by atoms with Crippen LogP contribution in [-0.2, 0) is 4.74 Å². The van der Waals surface area contributed by atoms with Gasteiger partial charge in [0.15, 0.2) is 0 Å². The van der Waals surface area contributed by atoms with Gasteiger partial charge in [-0.3, -0.25) is 0 Å². The van der Waals surface area contributed by atoms with Gasteiger partial charge in [0.2, 0.25) is 0 Å². The van der Waals surface area contributed by atoms with E-state index in [0.29, 0.717) is 13.2 Å². The van der Waals surface area contributed by atoms with Crippen LogP contribution in [0, 0.1) is 6.92 Å². The van der Waals surface area contributed by atoms with E-state index in [1.54, 1.807) is 14.0 Å². The first-order valence-corrected chi connectivity index (χ1v) is 5.55. The first-order chi connectivity index (χ1) is 7.65. The quantitative estimate of drug-likeness (QED) is 0.754. The Balaban J connectivity index is 2.54. The van der Waals surface area contributed by atoms with E-state index in [2.05, 4.69) is 0 Å². The molecular weight excluding hydrogens is 204 g/mol. The van der Waals surface area contributed by atoms with Gasteiger partial charge in [-0.05, 0) is 37.1 Å². The Morgan fingerprint density at radius 1 is 1.31 bits per heavy atom. The van der Waals surface area contributed by atoms with Gasteiger partial charge in [0.25, 0.3) is 0 Å². The van der Waals surface area contributed by atoms with Crippen LogP contribution < -0.4 is 4.74 Å². The van der Waals surface area contributed by atoms with Crippen LogP contribution in [0.2, 0.25) is 0 Å². The fourth-order valence-corrected chi connectivity index (χ4v) is 1.48. The van der Waals surface area contributed by atoms with E-state index in [0.717, 1.165) is 23.3 Å². The van der Waals surface area contributed by atoms with E-state index in [1.165, 1.54) is 0 Å². The molecule has 0 heterocycles. The molecule has 1 atom stereocenters. The van der Waals surface area contributed by atoms with Crippen molar-refractivity contribution in [1.82, 2.24) is 0 Å². The molecule has 0 saturated carbocycles. The summed E-state index contributed by atoms with van der Waals surface area (Å²) in [5.41, 5.74) is 1.97. The average molecular weight is 224 g/mol. The van der Waals surface area contributed by atoms with Crippen molar-refractivity contribution in [3.8, 4) is 5.75 Å². The number of rotatable bonds is 6. The first-order valence-electron chi connectivity index (χ1n) is 5.55. The number of aryl methyl sites for hydroxylation is 1. The molecule has 0 amide bonds. The van der Waals surface area contributed by atoms with Crippen LogP contribution in [0.15, 0.2) is 18.2 Å². The minimum absolute atomic E-state index is 0.429. The van der Waals surface area contributed by atoms with Gasteiger partial charge in [-0.25, -0.2) is 0 Å². The van der Waals surface area contributed by atoms with Crippen LogP contribution in [0.4, 0.5) is 0 Å². The van der Waals surface area contributed by atoms with E-state index in [-0.39, 0.29) is 0 Å². The molecule has 0 fully saturated rings. The van der Waals surface area contributed by atoms with Crippen LogP contribution in [0.1, 0.15) is 30.6 Å². The SMILES string of the molecule is COCCCOc1ccc([C@@H](C)O)cc1C. The van der Waals surface area contributed by atoms with E-state index in [4.69, 9.17) is 9.47 Å². The molecule has 1 N–H and O–H groups in total. The third-order valence-corrected chi connectivity index (χ3v) is 2.43. The number of ether oxygens (including phenoxy) is 2. The highest BCUT2D eigenvalue weighted by molar-refractivity contribution is 5.36. The lowest BCUT2D eigenvalue weighted by molar-refractivity contribution is 0.172. The van der Waals surface area contributed by atoms with Crippen molar-refractivity contribution in [3.63, 3.8) is 0 Å². The van der Waals surface area contributed by atoms with Crippen molar-refractivity contribution in [2.75, 3.05) is 20.3 Å². The topological polar surface area (TPSA) is 38.7 Å². The van der Waals surface area contributed by atoms with Gasteiger partial charge in [-0.15, -0.1) is 0 Å². The molecule has 0 radical (unpaired) electrons. The van der Waals surface area contributed by atoms with E-state index < -0.39 is 6.10 Å². The third-order valence-electron chi connectivity index (χ3n) is 2.43. The summed E-state index contributed by atoms with van der Waals surface area (Å²) < 4.78 is 10.6. The molecule has 1 aromatic rings. The Labute approximate surface area is 97.0 Å². The van der Waals surface area contributed by atoms with Crippen molar-refractivity contribution in [1.29, 1.82) is 0 Å². The van der Waals surface area contributed by atoms with E-state index in [1.807, 2.05) is 25.1 Å². The fraction of sp³-hybridized carbons (Fsp3) is 0.538.